The molecule has 3 aromatic heterocycles. The van der Waals surface area contributed by atoms with E-state index in [4.69, 9.17) is 9.40 Å². The fourth-order valence-electron chi connectivity index (χ4n) is 4.16. The van der Waals surface area contributed by atoms with E-state index < -0.39 is 0 Å². The van der Waals surface area contributed by atoms with Crippen molar-refractivity contribution in [2.24, 2.45) is 7.05 Å². The van der Waals surface area contributed by atoms with Crippen LogP contribution in [0.5, 0.6) is 0 Å². The standard InChI is InChI=1S/C25H25N7O2/c1-26-23-20-22(32(4)13-27-20)21-25(30-23)34-24(29-21)17-9-5-7-15(11-17)19(28-14-33)16-8-6-10-18(12-16)31(2)3/h5-14,19H,1-4H3,(H,26,30)(H,28,33). The number of benzene rings is 2. The van der Waals surface area contributed by atoms with Crippen LogP contribution in [0, 0.1) is 0 Å². The number of amides is 1. The van der Waals surface area contributed by atoms with Crippen LogP contribution in [0.2, 0.25) is 0 Å². The number of nitrogens with one attached hydrogen (secondary N) is 2. The molecule has 0 aliphatic rings. The topological polar surface area (TPSA) is 101 Å². The van der Waals surface area contributed by atoms with Gasteiger partial charge in [0.1, 0.15) is 11.0 Å². The molecule has 9 heteroatoms. The SMILES string of the molecule is CNc1nc2oc(-c3cccc(C(NC=O)c4cccc(N(C)C)c4)c3)nc2c2c1ncn2C. The average Bonchev–Trinajstić information content (AvgIpc) is 3.45. The molecule has 0 bridgehead atoms. The Morgan fingerprint density at radius 1 is 1.06 bits per heavy atom. The van der Waals surface area contributed by atoms with Gasteiger partial charge in [-0.1, -0.05) is 24.3 Å². The summed E-state index contributed by atoms with van der Waals surface area (Å²) in [6, 6.07) is 15.6. The number of carbonyl (C=O) groups is 1. The molecule has 0 radical (unpaired) electrons. The third-order valence-corrected chi connectivity index (χ3v) is 5.87. The molecule has 9 nitrogen and oxygen atoms in total. The van der Waals surface area contributed by atoms with Crippen molar-refractivity contribution in [2.75, 3.05) is 31.4 Å². The van der Waals surface area contributed by atoms with Crippen molar-refractivity contribution in [1.82, 2.24) is 24.8 Å². The summed E-state index contributed by atoms with van der Waals surface area (Å²) in [6.45, 7) is 0. The summed E-state index contributed by atoms with van der Waals surface area (Å²) in [4.78, 5) is 27.3. The minimum atomic E-state index is -0.320. The molecule has 1 amide bonds. The molecule has 2 N–H and O–H groups in total. The Balaban J connectivity index is 1.61. The zero-order chi connectivity index (χ0) is 23.8. The Hall–Kier alpha value is -4.40. The molecule has 34 heavy (non-hydrogen) atoms. The fourth-order valence-corrected chi connectivity index (χ4v) is 4.16. The second-order valence-electron chi connectivity index (χ2n) is 8.27. The summed E-state index contributed by atoms with van der Waals surface area (Å²) in [6.07, 6.45) is 2.46. The normalized spacial score (nSPS) is 12.1. The zero-order valence-electron chi connectivity index (χ0n) is 19.4. The number of imidazole rings is 1. The van der Waals surface area contributed by atoms with E-state index >= 15 is 0 Å². The van der Waals surface area contributed by atoms with Gasteiger partial charge >= 0.3 is 0 Å². The predicted molar refractivity (Wildman–Crippen MR) is 133 cm³/mol. The first kappa shape index (κ1) is 21.4. The molecule has 3 heterocycles. The highest BCUT2D eigenvalue weighted by Crippen LogP contribution is 2.33. The van der Waals surface area contributed by atoms with E-state index in [1.807, 2.05) is 73.1 Å². The molecule has 2 aromatic carbocycles. The lowest BCUT2D eigenvalue weighted by Gasteiger charge is -2.20. The predicted octanol–water partition coefficient (Wildman–Crippen LogP) is 3.72. The van der Waals surface area contributed by atoms with Crippen molar-refractivity contribution in [3.8, 4) is 11.5 Å². The van der Waals surface area contributed by atoms with E-state index in [1.54, 1.807) is 13.4 Å². The largest absolute Gasteiger partial charge is 0.418 e. The second-order valence-corrected chi connectivity index (χ2v) is 8.27. The fraction of sp³-hybridized carbons (Fsp3) is 0.200. The number of carbonyl (C=O) groups excluding carboxylic acids is 1. The van der Waals surface area contributed by atoms with Crippen LogP contribution in [0.1, 0.15) is 17.2 Å². The van der Waals surface area contributed by atoms with Crippen LogP contribution in [0.4, 0.5) is 11.5 Å². The molecule has 0 fully saturated rings. The summed E-state index contributed by atoms with van der Waals surface area (Å²) < 4.78 is 7.99. The Morgan fingerprint density at radius 2 is 1.82 bits per heavy atom. The quantitative estimate of drug-likeness (QED) is 0.361. The van der Waals surface area contributed by atoms with Gasteiger partial charge in [0.05, 0.1) is 12.4 Å². The number of nitrogens with zero attached hydrogens (tertiary/aromatic N) is 5. The number of fused-ring (bicyclic) bond motifs is 3. The number of aryl methyl sites for hydroxylation is 1. The number of hydrogen-bond donors (Lipinski definition) is 2. The van der Waals surface area contributed by atoms with Crippen LogP contribution in [-0.4, -0.2) is 47.1 Å². The minimum absolute atomic E-state index is 0.320. The van der Waals surface area contributed by atoms with Crippen LogP contribution in [0.25, 0.3) is 33.7 Å². The first-order valence-corrected chi connectivity index (χ1v) is 10.9. The van der Waals surface area contributed by atoms with Gasteiger partial charge in [-0.05, 0) is 35.4 Å². The summed E-state index contributed by atoms with van der Waals surface area (Å²) in [5.74, 6) is 1.09. The Bertz CT molecular complexity index is 1500. The minimum Gasteiger partial charge on any atom is -0.418 e. The van der Waals surface area contributed by atoms with Crippen molar-refractivity contribution < 1.29 is 9.21 Å². The van der Waals surface area contributed by atoms with Gasteiger partial charge in [0.2, 0.25) is 12.3 Å². The zero-order valence-corrected chi connectivity index (χ0v) is 19.4. The number of pyridine rings is 1. The van der Waals surface area contributed by atoms with Crippen molar-refractivity contribution in [1.29, 1.82) is 0 Å². The van der Waals surface area contributed by atoms with Gasteiger partial charge in [-0.25, -0.2) is 9.97 Å². The highest BCUT2D eigenvalue weighted by molar-refractivity contribution is 6.03. The lowest BCUT2D eigenvalue weighted by Crippen LogP contribution is -2.21. The number of hydrogen-bond acceptors (Lipinski definition) is 7. The summed E-state index contributed by atoms with van der Waals surface area (Å²) in [7, 11) is 7.69. The van der Waals surface area contributed by atoms with Crippen LogP contribution < -0.4 is 15.5 Å². The van der Waals surface area contributed by atoms with Crippen molar-refractivity contribution in [3.63, 3.8) is 0 Å². The Morgan fingerprint density at radius 3 is 2.56 bits per heavy atom. The van der Waals surface area contributed by atoms with E-state index in [0.717, 1.165) is 39.8 Å². The lowest BCUT2D eigenvalue weighted by atomic mass is 9.96. The molecule has 1 unspecified atom stereocenters. The molecular weight excluding hydrogens is 430 g/mol. The van der Waals surface area contributed by atoms with Gasteiger partial charge < -0.3 is 24.5 Å². The molecule has 0 spiro atoms. The first-order chi connectivity index (χ1) is 16.5. The van der Waals surface area contributed by atoms with E-state index in [2.05, 4.69) is 26.7 Å². The van der Waals surface area contributed by atoms with Crippen LogP contribution in [0.15, 0.2) is 59.3 Å². The number of anilines is 2. The van der Waals surface area contributed by atoms with Gasteiger partial charge in [0.25, 0.3) is 5.71 Å². The molecule has 0 saturated carbocycles. The van der Waals surface area contributed by atoms with Gasteiger partial charge in [-0.15, -0.1) is 0 Å². The van der Waals surface area contributed by atoms with Gasteiger partial charge in [0.15, 0.2) is 11.3 Å². The van der Waals surface area contributed by atoms with E-state index in [-0.39, 0.29) is 6.04 Å². The smallest absolute Gasteiger partial charge is 0.251 e. The van der Waals surface area contributed by atoms with E-state index in [0.29, 0.717) is 22.9 Å². The van der Waals surface area contributed by atoms with E-state index in [1.165, 1.54) is 0 Å². The summed E-state index contributed by atoms with van der Waals surface area (Å²) in [5, 5.41) is 6.02. The van der Waals surface area contributed by atoms with Crippen molar-refractivity contribution in [3.05, 3.63) is 66.0 Å². The third-order valence-electron chi connectivity index (χ3n) is 5.87. The highest BCUT2D eigenvalue weighted by atomic mass is 16.4. The molecule has 1 atom stereocenters. The number of oxazole rings is 1. The summed E-state index contributed by atoms with van der Waals surface area (Å²) in [5.41, 5.74) is 6.40. The Kier molecular flexibility index (Phi) is 5.37. The maximum atomic E-state index is 11.5. The molecule has 0 aliphatic carbocycles. The van der Waals surface area contributed by atoms with E-state index in [9.17, 15) is 4.79 Å². The molecule has 172 valence electrons. The molecular formula is C25H25N7O2. The van der Waals surface area contributed by atoms with Crippen molar-refractivity contribution >= 4 is 40.2 Å². The lowest BCUT2D eigenvalue weighted by molar-refractivity contribution is -0.110. The van der Waals surface area contributed by atoms with Crippen LogP contribution in [-0.2, 0) is 11.8 Å². The second kappa shape index (κ2) is 8.51. The number of rotatable bonds is 7. The molecule has 0 saturated heterocycles. The molecule has 5 aromatic rings. The van der Waals surface area contributed by atoms with Crippen LogP contribution in [0.3, 0.4) is 0 Å². The monoisotopic (exact) mass is 455 g/mol. The van der Waals surface area contributed by atoms with Gasteiger partial charge in [0, 0.05) is 39.4 Å². The highest BCUT2D eigenvalue weighted by Gasteiger charge is 2.20. The molecule has 5 rings (SSSR count). The third kappa shape index (κ3) is 3.61. The van der Waals surface area contributed by atoms with Crippen molar-refractivity contribution in [2.45, 2.75) is 6.04 Å². The average molecular weight is 456 g/mol. The van der Waals surface area contributed by atoms with Gasteiger partial charge in [-0.3, -0.25) is 4.79 Å². The maximum Gasteiger partial charge on any atom is 0.251 e. The van der Waals surface area contributed by atoms with Gasteiger partial charge in [-0.2, -0.15) is 4.98 Å². The van der Waals surface area contributed by atoms with Crippen LogP contribution >= 0.6 is 0 Å². The molecule has 0 aliphatic heterocycles. The summed E-state index contributed by atoms with van der Waals surface area (Å²) >= 11 is 0. The first-order valence-electron chi connectivity index (χ1n) is 10.9. The maximum absolute atomic E-state index is 11.5. The Labute approximate surface area is 196 Å². The number of aromatic nitrogens is 4.